The zero-order valence-corrected chi connectivity index (χ0v) is 11.0. The van der Waals surface area contributed by atoms with E-state index in [0.717, 1.165) is 32.4 Å². The Morgan fingerprint density at radius 2 is 2.16 bits per heavy atom. The zero-order valence-electron chi connectivity index (χ0n) is 11.0. The van der Waals surface area contributed by atoms with Gasteiger partial charge in [0.05, 0.1) is 11.6 Å². The molecule has 2 rings (SSSR count). The number of piperidine rings is 1. The first-order valence-corrected chi connectivity index (χ1v) is 6.74. The Morgan fingerprint density at radius 3 is 2.79 bits per heavy atom. The van der Waals surface area contributed by atoms with E-state index in [1.807, 2.05) is 4.90 Å². The summed E-state index contributed by atoms with van der Waals surface area (Å²) in [5, 5.41) is 8.75. The van der Waals surface area contributed by atoms with Gasteiger partial charge in [-0.25, -0.2) is 0 Å². The van der Waals surface area contributed by atoms with Gasteiger partial charge in [0.25, 0.3) is 5.91 Å². The maximum atomic E-state index is 12.4. The molecular weight excluding hydrogens is 238 g/mol. The van der Waals surface area contributed by atoms with E-state index in [2.05, 4.69) is 6.07 Å². The van der Waals surface area contributed by atoms with Crippen LogP contribution in [0.5, 0.6) is 0 Å². The lowest BCUT2D eigenvalue weighted by atomic mass is 9.94. The molecule has 1 fully saturated rings. The summed E-state index contributed by atoms with van der Waals surface area (Å²) < 4.78 is 0. The molecule has 100 valence electrons. The zero-order chi connectivity index (χ0) is 13.7. The first-order chi connectivity index (χ1) is 9.24. The fraction of sp³-hybridized carbons (Fsp3) is 0.467. The van der Waals surface area contributed by atoms with Gasteiger partial charge in [-0.05, 0) is 56.0 Å². The minimum absolute atomic E-state index is 0.0613. The van der Waals surface area contributed by atoms with Crippen LogP contribution in [0.25, 0.3) is 0 Å². The number of hydrogen-bond donors (Lipinski definition) is 1. The van der Waals surface area contributed by atoms with E-state index in [1.165, 1.54) is 0 Å². The Morgan fingerprint density at radius 1 is 1.42 bits per heavy atom. The molecule has 0 bridgehead atoms. The molecule has 1 aliphatic rings. The highest BCUT2D eigenvalue weighted by Gasteiger charge is 2.23. The quantitative estimate of drug-likeness (QED) is 0.897. The van der Waals surface area contributed by atoms with Crippen LogP contribution in [0.3, 0.4) is 0 Å². The van der Waals surface area contributed by atoms with E-state index in [9.17, 15) is 4.79 Å². The molecule has 1 aromatic carbocycles. The Bertz CT molecular complexity index is 473. The maximum Gasteiger partial charge on any atom is 0.253 e. The molecule has 1 aliphatic heterocycles. The fourth-order valence-electron chi connectivity index (χ4n) is 2.59. The van der Waals surface area contributed by atoms with Gasteiger partial charge in [0.2, 0.25) is 0 Å². The Balaban J connectivity index is 2.04. The second-order valence-electron chi connectivity index (χ2n) is 5.03. The van der Waals surface area contributed by atoms with Crippen LogP contribution in [-0.4, -0.2) is 30.4 Å². The molecule has 0 saturated carbocycles. The third kappa shape index (κ3) is 3.33. The monoisotopic (exact) mass is 257 g/mol. The number of nitriles is 1. The van der Waals surface area contributed by atoms with Crippen LogP contribution in [0, 0.1) is 17.2 Å². The first-order valence-electron chi connectivity index (χ1n) is 6.74. The highest BCUT2D eigenvalue weighted by atomic mass is 16.2. The number of nitrogens with zero attached hydrogens (tertiary/aromatic N) is 2. The summed E-state index contributed by atoms with van der Waals surface area (Å²) in [6.45, 7) is 2.31. The maximum absolute atomic E-state index is 12.4. The van der Waals surface area contributed by atoms with Crippen molar-refractivity contribution in [3.05, 3.63) is 35.4 Å². The summed E-state index contributed by atoms with van der Waals surface area (Å²) in [5.41, 5.74) is 6.83. The van der Waals surface area contributed by atoms with E-state index < -0.39 is 0 Å². The number of carbonyl (C=O) groups is 1. The van der Waals surface area contributed by atoms with Crippen molar-refractivity contribution in [3.63, 3.8) is 0 Å². The molecule has 1 amide bonds. The number of benzene rings is 1. The van der Waals surface area contributed by atoms with E-state index in [4.69, 9.17) is 11.0 Å². The van der Waals surface area contributed by atoms with Crippen molar-refractivity contribution in [2.45, 2.75) is 19.3 Å². The van der Waals surface area contributed by atoms with Gasteiger partial charge in [-0.1, -0.05) is 0 Å². The minimum atomic E-state index is 0.0613. The highest BCUT2D eigenvalue weighted by molar-refractivity contribution is 5.94. The molecule has 1 saturated heterocycles. The lowest BCUT2D eigenvalue weighted by molar-refractivity contribution is 0.0669. The van der Waals surface area contributed by atoms with Gasteiger partial charge < -0.3 is 10.6 Å². The first kappa shape index (κ1) is 13.6. The average Bonchev–Trinajstić information content (AvgIpc) is 2.47. The van der Waals surface area contributed by atoms with Crippen LogP contribution < -0.4 is 5.73 Å². The molecule has 0 aliphatic carbocycles. The highest BCUT2D eigenvalue weighted by Crippen LogP contribution is 2.20. The number of rotatable bonds is 3. The Hall–Kier alpha value is -1.86. The van der Waals surface area contributed by atoms with Crippen LogP contribution in [-0.2, 0) is 0 Å². The number of amides is 1. The summed E-state index contributed by atoms with van der Waals surface area (Å²) in [6, 6.07) is 8.89. The van der Waals surface area contributed by atoms with Gasteiger partial charge in [-0.15, -0.1) is 0 Å². The summed E-state index contributed by atoms with van der Waals surface area (Å²) in [5.74, 6) is 0.590. The molecule has 2 N–H and O–H groups in total. The van der Waals surface area contributed by atoms with Crippen molar-refractivity contribution in [2.24, 2.45) is 11.7 Å². The summed E-state index contributed by atoms with van der Waals surface area (Å²) in [4.78, 5) is 14.3. The Labute approximate surface area is 113 Å². The van der Waals surface area contributed by atoms with Gasteiger partial charge in [0.1, 0.15) is 0 Å². The summed E-state index contributed by atoms with van der Waals surface area (Å²) >= 11 is 0. The van der Waals surface area contributed by atoms with Gasteiger partial charge >= 0.3 is 0 Å². The number of carbonyl (C=O) groups excluding carboxylic acids is 1. The van der Waals surface area contributed by atoms with Crippen LogP contribution in [0.4, 0.5) is 0 Å². The van der Waals surface area contributed by atoms with Crippen LogP contribution in [0.1, 0.15) is 35.2 Å². The van der Waals surface area contributed by atoms with Crippen molar-refractivity contribution in [1.29, 1.82) is 5.26 Å². The van der Waals surface area contributed by atoms with E-state index >= 15 is 0 Å². The molecule has 4 nitrogen and oxygen atoms in total. The molecule has 1 heterocycles. The SMILES string of the molecule is N#Cc1ccc(C(=O)N2CCCC(CCN)C2)cc1. The van der Waals surface area contributed by atoms with Crippen molar-refractivity contribution in [3.8, 4) is 6.07 Å². The lowest BCUT2D eigenvalue weighted by Gasteiger charge is -2.32. The number of nitrogens with two attached hydrogens (primary N) is 1. The molecule has 1 atom stereocenters. The standard InChI is InChI=1S/C15H19N3O/c16-8-7-13-2-1-9-18(11-13)15(19)14-5-3-12(10-17)4-6-14/h3-6,13H,1-2,7-9,11,16H2. The van der Waals surface area contributed by atoms with E-state index in [0.29, 0.717) is 23.6 Å². The molecule has 1 aromatic rings. The summed E-state index contributed by atoms with van der Waals surface area (Å²) in [7, 11) is 0. The normalized spacial score (nSPS) is 18.9. The lowest BCUT2D eigenvalue weighted by Crippen LogP contribution is -2.40. The Kier molecular flexibility index (Phi) is 4.53. The second-order valence-corrected chi connectivity index (χ2v) is 5.03. The van der Waals surface area contributed by atoms with Gasteiger partial charge in [0.15, 0.2) is 0 Å². The topological polar surface area (TPSA) is 70.1 Å². The fourth-order valence-corrected chi connectivity index (χ4v) is 2.59. The average molecular weight is 257 g/mol. The van der Waals surface area contributed by atoms with Crippen molar-refractivity contribution in [1.82, 2.24) is 4.90 Å². The van der Waals surface area contributed by atoms with E-state index in [1.54, 1.807) is 24.3 Å². The van der Waals surface area contributed by atoms with Gasteiger partial charge in [-0.3, -0.25) is 4.79 Å². The van der Waals surface area contributed by atoms with Crippen molar-refractivity contribution >= 4 is 5.91 Å². The molecule has 0 radical (unpaired) electrons. The molecule has 1 unspecified atom stereocenters. The van der Waals surface area contributed by atoms with Gasteiger partial charge in [-0.2, -0.15) is 5.26 Å². The number of likely N-dealkylation sites (tertiary alicyclic amines) is 1. The third-order valence-corrected chi connectivity index (χ3v) is 3.64. The predicted molar refractivity (Wildman–Crippen MR) is 73.5 cm³/mol. The molecule has 0 spiro atoms. The van der Waals surface area contributed by atoms with Crippen LogP contribution >= 0.6 is 0 Å². The van der Waals surface area contributed by atoms with Crippen molar-refractivity contribution in [2.75, 3.05) is 19.6 Å². The molecule has 4 heteroatoms. The number of hydrogen-bond acceptors (Lipinski definition) is 3. The minimum Gasteiger partial charge on any atom is -0.338 e. The smallest absolute Gasteiger partial charge is 0.253 e. The summed E-state index contributed by atoms with van der Waals surface area (Å²) in [6.07, 6.45) is 3.19. The van der Waals surface area contributed by atoms with Crippen LogP contribution in [0.15, 0.2) is 24.3 Å². The second kappa shape index (κ2) is 6.35. The molecule has 19 heavy (non-hydrogen) atoms. The molecular formula is C15H19N3O. The van der Waals surface area contributed by atoms with Crippen molar-refractivity contribution < 1.29 is 4.79 Å². The third-order valence-electron chi connectivity index (χ3n) is 3.64. The largest absolute Gasteiger partial charge is 0.338 e. The molecule has 0 aromatic heterocycles. The predicted octanol–water partition coefficient (Wildman–Crippen LogP) is 1.76. The van der Waals surface area contributed by atoms with Gasteiger partial charge in [0, 0.05) is 18.7 Å². The van der Waals surface area contributed by atoms with E-state index in [-0.39, 0.29) is 5.91 Å². The van der Waals surface area contributed by atoms with Crippen LogP contribution in [0.2, 0.25) is 0 Å².